The molecule has 0 radical (unpaired) electrons. The third-order valence-electron chi connectivity index (χ3n) is 4.59. The molecule has 0 bridgehead atoms. The van der Waals surface area contributed by atoms with Gasteiger partial charge in [-0.2, -0.15) is 4.98 Å². The van der Waals surface area contributed by atoms with Crippen molar-refractivity contribution in [1.82, 2.24) is 25.0 Å². The van der Waals surface area contributed by atoms with E-state index < -0.39 is 0 Å². The van der Waals surface area contributed by atoms with Crippen LogP contribution in [-0.4, -0.2) is 45.9 Å². The van der Waals surface area contributed by atoms with Crippen molar-refractivity contribution >= 4 is 39.1 Å². The van der Waals surface area contributed by atoms with Gasteiger partial charge in [-0.3, -0.25) is 14.2 Å². The van der Waals surface area contributed by atoms with Gasteiger partial charge < -0.3 is 14.6 Å². The summed E-state index contributed by atoms with van der Waals surface area (Å²) in [5.74, 6) is 0.337. The summed E-state index contributed by atoms with van der Waals surface area (Å²) in [7, 11) is 1.55. The van der Waals surface area contributed by atoms with Crippen LogP contribution in [0.2, 0.25) is 5.02 Å². The van der Waals surface area contributed by atoms with Crippen LogP contribution in [-0.2, 0) is 16.1 Å². The molecule has 3 aromatic heterocycles. The summed E-state index contributed by atoms with van der Waals surface area (Å²) in [5, 5.41) is 7.63. The third-order valence-corrected chi connectivity index (χ3v) is 6.11. The van der Waals surface area contributed by atoms with Crippen molar-refractivity contribution < 1.29 is 14.1 Å². The molecule has 0 saturated carbocycles. The van der Waals surface area contributed by atoms with Gasteiger partial charge in [0.2, 0.25) is 11.7 Å². The van der Waals surface area contributed by atoms with Gasteiger partial charge in [-0.25, -0.2) is 4.98 Å². The fraction of sp³-hybridized carbons (Fsp3) is 0.250. The Bertz CT molecular complexity index is 1310. The van der Waals surface area contributed by atoms with Crippen molar-refractivity contribution in [1.29, 1.82) is 0 Å². The summed E-state index contributed by atoms with van der Waals surface area (Å²) in [4.78, 5) is 35.0. The fourth-order valence-corrected chi connectivity index (χ4v) is 4.33. The highest BCUT2D eigenvalue weighted by Gasteiger charge is 2.21. The molecule has 1 N–H and O–H groups in total. The van der Waals surface area contributed by atoms with Crippen molar-refractivity contribution in [2.45, 2.75) is 13.5 Å². The number of nitrogens with zero attached hydrogens (tertiary/aromatic N) is 4. The Morgan fingerprint density at radius 1 is 1.35 bits per heavy atom. The number of nitrogens with one attached hydrogen (secondary N) is 1. The van der Waals surface area contributed by atoms with Crippen LogP contribution >= 0.6 is 22.9 Å². The Hall–Kier alpha value is -3.08. The monoisotopic (exact) mass is 459 g/mol. The van der Waals surface area contributed by atoms with Gasteiger partial charge in [0.15, 0.2) is 0 Å². The highest BCUT2D eigenvalue weighted by molar-refractivity contribution is 7.22. The zero-order valence-corrected chi connectivity index (χ0v) is 18.3. The molecule has 11 heteroatoms. The molecule has 4 aromatic rings. The second kappa shape index (κ2) is 8.96. The fourth-order valence-electron chi connectivity index (χ4n) is 3.05. The smallest absolute Gasteiger partial charge is 0.268 e. The Labute approximate surface area is 185 Å². The maximum Gasteiger partial charge on any atom is 0.268 e. The first-order chi connectivity index (χ1) is 15.0. The van der Waals surface area contributed by atoms with Gasteiger partial charge >= 0.3 is 0 Å². The minimum Gasteiger partial charge on any atom is -0.383 e. The van der Waals surface area contributed by atoms with E-state index in [1.54, 1.807) is 26.2 Å². The number of methoxy groups -OCH3 is 1. The first-order valence-corrected chi connectivity index (χ1v) is 10.5. The number of carbonyl (C=O) groups is 1. The number of hydrogen-bond donors (Lipinski definition) is 1. The Morgan fingerprint density at radius 2 is 2.16 bits per heavy atom. The largest absolute Gasteiger partial charge is 0.383 e. The van der Waals surface area contributed by atoms with E-state index in [0.717, 1.165) is 0 Å². The maximum absolute atomic E-state index is 13.0. The third kappa shape index (κ3) is 4.22. The zero-order valence-electron chi connectivity index (χ0n) is 16.7. The molecule has 1 aromatic carbocycles. The predicted octanol–water partition coefficient (Wildman–Crippen LogP) is 2.90. The number of benzene rings is 1. The molecule has 1 amide bonds. The highest BCUT2D eigenvalue weighted by Crippen LogP contribution is 2.36. The predicted molar refractivity (Wildman–Crippen MR) is 117 cm³/mol. The van der Waals surface area contributed by atoms with Crippen LogP contribution in [0.5, 0.6) is 0 Å². The standard InChI is InChI=1S/C20H18ClN5O4S/c1-11-15-19(23-10-26(20(15)28)9-14(27)22-7-8-29-2)31-16(11)18-24-17(25-30-18)12-5-3-4-6-13(12)21/h3-6,10H,7-9H2,1-2H3,(H,22,27). The summed E-state index contributed by atoms with van der Waals surface area (Å²) < 4.78 is 11.6. The van der Waals surface area contributed by atoms with Gasteiger partial charge in [0.25, 0.3) is 11.4 Å². The van der Waals surface area contributed by atoms with Crippen molar-refractivity contribution in [3.8, 4) is 22.2 Å². The van der Waals surface area contributed by atoms with Crippen molar-refractivity contribution in [3.63, 3.8) is 0 Å². The quantitative estimate of drug-likeness (QED) is 0.423. The van der Waals surface area contributed by atoms with Gasteiger partial charge in [0, 0.05) is 19.2 Å². The van der Waals surface area contributed by atoms with Gasteiger partial charge in [-0.1, -0.05) is 28.9 Å². The van der Waals surface area contributed by atoms with Gasteiger partial charge in [-0.05, 0) is 24.6 Å². The lowest BCUT2D eigenvalue weighted by molar-refractivity contribution is -0.121. The molecule has 0 fully saturated rings. The van der Waals surface area contributed by atoms with Crippen LogP contribution in [0.1, 0.15) is 5.56 Å². The van der Waals surface area contributed by atoms with Gasteiger partial charge in [-0.15, -0.1) is 11.3 Å². The average Bonchev–Trinajstić information content (AvgIpc) is 3.36. The minimum atomic E-state index is -0.308. The van der Waals surface area contributed by atoms with E-state index >= 15 is 0 Å². The van der Waals surface area contributed by atoms with Crippen LogP contribution in [0.25, 0.3) is 32.4 Å². The molecule has 31 heavy (non-hydrogen) atoms. The molecular weight excluding hydrogens is 442 g/mol. The number of hydrogen-bond acceptors (Lipinski definition) is 8. The summed E-state index contributed by atoms with van der Waals surface area (Å²) in [6.07, 6.45) is 1.36. The average molecular weight is 460 g/mol. The van der Waals surface area contributed by atoms with Crippen molar-refractivity contribution in [2.75, 3.05) is 20.3 Å². The molecule has 0 spiro atoms. The highest BCUT2D eigenvalue weighted by atomic mass is 35.5. The van der Waals surface area contributed by atoms with Crippen LogP contribution in [0, 0.1) is 6.92 Å². The van der Waals surface area contributed by atoms with Crippen LogP contribution in [0.4, 0.5) is 0 Å². The number of thiophene rings is 1. The van der Waals surface area contributed by atoms with Gasteiger partial charge in [0.1, 0.15) is 11.4 Å². The molecule has 0 unspecified atom stereocenters. The van der Waals surface area contributed by atoms with Crippen LogP contribution in [0.3, 0.4) is 0 Å². The molecule has 0 aliphatic rings. The van der Waals surface area contributed by atoms with Crippen LogP contribution < -0.4 is 10.9 Å². The van der Waals surface area contributed by atoms with E-state index in [1.807, 2.05) is 12.1 Å². The number of aryl methyl sites for hydroxylation is 1. The molecular formula is C20H18ClN5O4S. The number of aromatic nitrogens is 4. The molecule has 160 valence electrons. The first-order valence-electron chi connectivity index (χ1n) is 9.32. The van der Waals surface area contributed by atoms with Crippen molar-refractivity contribution in [2.24, 2.45) is 0 Å². The van der Waals surface area contributed by atoms with E-state index in [9.17, 15) is 9.59 Å². The maximum atomic E-state index is 13.0. The number of carbonyl (C=O) groups excluding carboxylic acids is 1. The molecule has 3 heterocycles. The van der Waals surface area contributed by atoms with E-state index in [1.165, 1.54) is 22.2 Å². The Kier molecular flexibility index (Phi) is 6.12. The Balaban J connectivity index is 1.66. The molecule has 4 rings (SSSR count). The summed E-state index contributed by atoms with van der Waals surface area (Å²) >= 11 is 7.49. The summed E-state index contributed by atoms with van der Waals surface area (Å²) in [6, 6.07) is 7.19. The van der Waals surface area contributed by atoms with E-state index in [-0.39, 0.29) is 23.9 Å². The molecule has 0 atom stereocenters. The Morgan fingerprint density at radius 3 is 2.94 bits per heavy atom. The molecule has 0 saturated heterocycles. The van der Waals surface area contributed by atoms with Crippen molar-refractivity contribution in [3.05, 3.63) is 51.5 Å². The number of rotatable bonds is 7. The second-order valence-corrected chi connectivity index (χ2v) is 8.07. The van der Waals surface area contributed by atoms with Gasteiger partial charge in [0.05, 0.1) is 28.2 Å². The molecule has 9 nitrogen and oxygen atoms in total. The topological polar surface area (TPSA) is 112 Å². The lowest BCUT2D eigenvalue weighted by atomic mass is 10.2. The second-order valence-electron chi connectivity index (χ2n) is 6.66. The number of fused-ring (bicyclic) bond motifs is 1. The minimum absolute atomic E-state index is 0.132. The zero-order chi connectivity index (χ0) is 22.0. The lowest BCUT2D eigenvalue weighted by Crippen LogP contribution is -2.34. The first kappa shape index (κ1) is 21.2. The summed E-state index contributed by atoms with van der Waals surface area (Å²) in [6.45, 7) is 2.42. The van der Waals surface area contributed by atoms with E-state index in [0.29, 0.717) is 50.2 Å². The summed E-state index contributed by atoms with van der Waals surface area (Å²) in [5.41, 5.74) is 1.01. The molecule has 0 aliphatic heterocycles. The normalized spacial score (nSPS) is 11.2. The SMILES string of the molecule is COCCNC(=O)Cn1cnc2sc(-c3nc(-c4ccccc4Cl)no3)c(C)c2c1=O. The number of ether oxygens (including phenoxy) is 1. The van der Waals surface area contributed by atoms with Crippen LogP contribution in [0.15, 0.2) is 39.9 Å². The lowest BCUT2D eigenvalue weighted by Gasteiger charge is -2.06. The number of amides is 1. The molecule has 0 aliphatic carbocycles. The van der Waals surface area contributed by atoms with E-state index in [4.69, 9.17) is 20.9 Å². The number of halogens is 1. The van der Waals surface area contributed by atoms with E-state index in [2.05, 4.69) is 20.4 Å².